The molecule has 0 spiro atoms. The highest BCUT2D eigenvalue weighted by Crippen LogP contribution is 2.35. The fraction of sp³-hybridized carbons (Fsp3) is 0.273. The van der Waals surface area contributed by atoms with Crippen molar-refractivity contribution in [3.63, 3.8) is 0 Å². The van der Waals surface area contributed by atoms with Gasteiger partial charge in [-0.05, 0) is 57.6 Å². The summed E-state index contributed by atoms with van der Waals surface area (Å²) in [6.07, 6.45) is 1.78. The quantitative estimate of drug-likeness (QED) is 0.889. The molecule has 0 unspecified atom stereocenters. The molecular weight excluding hydrogens is 322 g/mol. The summed E-state index contributed by atoms with van der Waals surface area (Å²) in [4.78, 5) is 0. The third kappa shape index (κ3) is 4.36. The van der Waals surface area contributed by atoms with Gasteiger partial charge in [-0.3, -0.25) is 0 Å². The standard InChI is InChI=1S/C9H8Br2O.C2H7N/c1-3-6-4-5-7(10)9(12-2)8(6)11;1-3-2/h3-5H,1H2,2H3;3H,1-2H3. The van der Waals surface area contributed by atoms with E-state index in [9.17, 15) is 0 Å². The third-order valence-corrected chi connectivity index (χ3v) is 2.95. The van der Waals surface area contributed by atoms with Gasteiger partial charge in [-0.15, -0.1) is 0 Å². The van der Waals surface area contributed by atoms with E-state index in [1.165, 1.54) is 0 Å². The third-order valence-electron chi connectivity index (χ3n) is 1.50. The van der Waals surface area contributed by atoms with Crippen molar-refractivity contribution in [1.29, 1.82) is 0 Å². The van der Waals surface area contributed by atoms with E-state index in [0.29, 0.717) is 0 Å². The molecule has 1 aromatic carbocycles. The predicted molar refractivity (Wildman–Crippen MR) is 73.5 cm³/mol. The van der Waals surface area contributed by atoms with Gasteiger partial charge < -0.3 is 10.1 Å². The molecule has 0 atom stereocenters. The first-order valence-corrected chi connectivity index (χ1v) is 5.93. The van der Waals surface area contributed by atoms with Crippen molar-refractivity contribution >= 4 is 37.9 Å². The Hall–Kier alpha value is -0.320. The van der Waals surface area contributed by atoms with E-state index >= 15 is 0 Å². The van der Waals surface area contributed by atoms with Gasteiger partial charge >= 0.3 is 0 Å². The number of nitrogens with one attached hydrogen (secondary N) is 1. The molecule has 1 rings (SSSR count). The summed E-state index contributed by atoms with van der Waals surface area (Å²) in [6, 6.07) is 3.89. The first kappa shape index (κ1) is 14.7. The Balaban J connectivity index is 0.000000583. The van der Waals surface area contributed by atoms with E-state index in [0.717, 1.165) is 20.3 Å². The molecule has 15 heavy (non-hydrogen) atoms. The molecule has 0 bridgehead atoms. The zero-order valence-electron chi connectivity index (χ0n) is 9.10. The Morgan fingerprint density at radius 1 is 1.33 bits per heavy atom. The fourth-order valence-corrected chi connectivity index (χ4v) is 2.32. The van der Waals surface area contributed by atoms with Crippen molar-refractivity contribution in [2.45, 2.75) is 0 Å². The maximum Gasteiger partial charge on any atom is 0.147 e. The van der Waals surface area contributed by atoms with Gasteiger partial charge in [-0.2, -0.15) is 0 Å². The Bertz CT molecular complexity index is 327. The molecule has 1 N–H and O–H groups in total. The lowest BCUT2D eigenvalue weighted by Crippen LogP contribution is -1.89. The van der Waals surface area contributed by atoms with E-state index in [1.54, 1.807) is 13.2 Å². The zero-order valence-corrected chi connectivity index (χ0v) is 12.3. The van der Waals surface area contributed by atoms with Gasteiger partial charge in [0.25, 0.3) is 0 Å². The van der Waals surface area contributed by atoms with Crippen LogP contribution in [0.4, 0.5) is 0 Å². The molecule has 0 heterocycles. The van der Waals surface area contributed by atoms with Crippen LogP contribution in [-0.4, -0.2) is 21.2 Å². The maximum absolute atomic E-state index is 5.18. The van der Waals surface area contributed by atoms with Crippen LogP contribution in [-0.2, 0) is 0 Å². The highest BCUT2D eigenvalue weighted by atomic mass is 79.9. The number of halogens is 2. The summed E-state index contributed by atoms with van der Waals surface area (Å²) in [5.74, 6) is 0.799. The number of hydrogen-bond acceptors (Lipinski definition) is 2. The number of methoxy groups -OCH3 is 1. The second-order valence-electron chi connectivity index (χ2n) is 2.69. The summed E-state index contributed by atoms with van der Waals surface area (Å²) >= 11 is 6.81. The molecule has 0 fully saturated rings. The highest BCUT2D eigenvalue weighted by molar-refractivity contribution is 9.11. The van der Waals surface area contributed by atoms with Crippen molar-refractivity contribution in [3.8, 4) is 5.75 Å². The fourth-order valence-electron chi connectivity index (χ4n) is 0.892. The number of hydrogen-bond donors (Lipinski definition) is 1. The number of ether oxygens (including phenoxy) is 1. The van der Waals surface area contributed by atoms with Crippen LogP contribution in [0.3, 0.4) is 0 Å². The van der Waals surface area contributed by atoms with Gasteiger partial charge in [0.2, 0.25) is 0 Å². The van der Waals surface area contributed by atoms with Gasteiger partial charge in [-0.1, -0.05) is 18.7 Å². The molecule has 2 nitrogen and oxygen atoms in total. The van der Waals surface area contributed by atoms with Crippen LogP contribution in [0.5, 0.6) is 5.75 Å². The van der Waals surface area contributed by atoms with E-state index in [4.69, 9.17) is 4.74 Å². The average molecular weight is 337 g/mol. The van der Waals surface area contributed by atoms with Crippen molar-refractivity contribution in [2.24, 2.45) is 0 Å². The van der Waals surface area contributed by atoms with Gasteiger partial charge in [0.1, 0.15) is 5.75 Å². The molecule has 4 heteroatoms. The van der Waals surface area contributed by atoms with E-state index < -0.39 is 0 Å². The molecule has 0 aliphatic heterocycles. The smallest absolute Gasteiger partial charge is 0.147 e. The predicted octanol–water partition coefficient (Wildman–Crippen LogP) is 3.70. The molecule has 0 aliphatic rings. The van der Waals surface area contributed by atoms with Crippen molar-refractivity contribution in [3.05, 3.63) is 33.2 Å². The number of benzene rings is 1. The van der Waals surface area contributed by atoms with E-state index in [2.05, 4.69) is 43.8 Å². The highest BCUT2D eigenvalue weighted by Gasteiger charge is 2.07. The Morgan fingerprint density at radius 3 is 2.27 bits per heavy atom. The minimum absolute atomic E-state index is 0.799. The lowest BCUT2D eigenvalue weighted by molar-refractivity contribution is 0.409. The zero-order chi connectivity index (χ0) is 11.8. The lowest BCUT2D eigenvalue weighted by Gasteiger charge is -2.07. The van der Waals surface area contributed by atoms with Crippen molar-refractivity contribution < 1.29 is 4.74 Å². The molecule has 84 valence electrons. The SMILES string of the molecule is C=Cc1ccc(Br)c(OC)c1Br.CNC. The minimum Gasteiger partial charge on any atom is -0.494 e. The van der Waals surface area contributed by atoms with Crippen LogP contribution < -0.4 is 10.1 Å². The molecule has 0 aliphatic carbocycles. The molecule has 0 saturated carbocycles. The summed E-state index contributed by atoms with van der Waals surface area (Å²) in [5.41, 5.74) is 1.02. The van der Waals surface area contributed by atoms with Crippen molar-refractivity contribution in [2.75, 3.05) is 21.2 Å². The van der Waals surface area contributed by atoms with E-state index in [1.807, 2.05) is 26.2 Å². The number of rotatable bonds is 2. The molecular formula is C11H15Br2NO. The average Bonchev–Trinajstić information content (AvgIpc) is 2.20. The summed E-state index contributed by atoms with van der Waals surface area (Å²) in [7, 11) is 5.39. The molecule has 0 radical (unpaired) electrons. The van der Waals surface area contributed by atoms with Gasteiger partial charge in [0.05, 0.1) is 16.1 Å². The van der Waals surface area contributed by atoms with Crippen molar-refractivity contribution in [1.82, 2.24) is 5.32 Å². The summed E-state index contributed by atoms with van der Waals surface area (Å²) < 4.78 is 7.03. The first-order valence-electron chi connectivity index (χ1n) is 4.35. The second-order valence-corrected chi connectivity index (χ2v) is 4.34. The summed E-state index contributed by atoms with van der Waals surface area (Å²) in [5, 5.41) is 2.75. The van der Waals surface area contributed by atoms with Crippen LogP contribution in [0, 0.1) is 0 Å². The van der Waals surface area contributed by atoms with Gasteiger partial charge in [-0.25, -0.2) is 0 Å². The Kier molecular flexibility index (Phi) is 7.74. The van der Waals surface area contributed by atoms with Crippen LogP contribution in [0.1, 0.15) is 5.56 Å². The van der Waals surface area contributed by atoms with Gasteiger partial charge in [0.15, 0.2) is 0 Å². The Labute approximate surface area is 108 Å². The lowest BCUT2D eigenvalue weighted by atomic mass is 10.2. The summed E-state index contributed by atoms with van der Waals surface area (Å²) in [6.45, 7) is 3.70. The van der Waals surface area contributed by atoms with Crippen LogP contribution in [0.15, 0.2) is 27.7 Å². The monoisotopic (exact) mass is 335 g/mol. The second kappa shape index (κ2) is 7.91. The van der Waals surface area contributed by atoms with Crippen LogP contribution in [0.2, 0.25) is 0 Å². The Morgan fingerprint density at radius 2 is 1.87 bits per heavy atom. The normalized spacial score (nSPS) is 8.87. The molecule has 0 amide bonds. The molecule has 0 saturated heterocycles. The first-order chi connectivity index (χ1) is 7.12. The largest absolute Gasteiger partial charge is 0.494 e. The van der Waals surface area contributed by atoms with E-state index in [-0.39, 0.29) is 0 Å². The maximum atomic E-state index is 5.18. The molecule has 0 aromatic heterocycles. The van der Waals surface area contributed by atoms with Crippen LogP contribution >= 0.6 is 31.9 Å². The minimum atomic E-state index is 0.799. The van der Waals surface area contributed by atoms with Crippen LogP contribution in [0.25, 0.3) is 6.08 Å². The van der Waals surface area contributed by atoms with Gasteiger partial charge in [0, 0.05) is 0 Å². The topological polar surface area (TPSA) is 21.3 Å². The molecule has 1 aromatic rings.